The van der Waals surface area contributed by atoms with Crippen LogP contribution in [-0.4, -0.2) is 18.6 Å². The maximum Gasteiger partial charge on any atom is 0.106 e. The summed E-state index contributed by atoms with van der Waals surface area (Å²) >= 11 is 11.2. The highest BCUT2D eigenvalue weighted by Gasteiger charge is 2.10. The van der Waals surface area contributed by atoms with Crippen molar-refractivity contribution < 1.29 is 0 Å². The van der Waals surface area contributed by atoms with Gasteiger partial charge in [-0.2, -0.15) is 0 Å². The van der Waals surface area contributed by atoms with Crippen LogP contribution < -0.4 is 10.6 Å². The number of rotatable bonds is 5. The van der Waals surface area contributed by atoms with E-state index in [1.54, 1.807) is 0 Å². The van der Waals surface area contributed by atoms with Gasteiger partial charge in [-0.1, -0.05) is 54.2 Å². The van der Waals surface area contributed by atoms with Crippen LogP contribution >= 0.6 is 23.8 Å². The van der Waals surface area contributed by atoms with Gasteiger partial charge in [0.2, 0.25) is 0 Å². The summed E-state index contributed by atoms with van der Waals surface area (Å²) in [5.41, 5.74) is 8.91. The van der Waals surface area contributed by atoms with Crippen LogP contribution in [0.1, 0.15) is 11.1 Å². The van der Waals surface area contributed by atoms with Gasteiger partial charge in [0.05, 0.1) is 0 Å². The van der Waals surface area contributed by atoms with Gasteiger partial charge in [0.25, 0.3) is 0 Å². The molecule has 0 fully saturated rings. The third kappa shape index (κ3) is 3.71. The number of hydrogen-bond acceptors (Lipinski definition) is 2. The summed E-state index contributed by atoms with van der Waals surface area (Å²) in [7, 11) is 2.02. The van der Waals surface area contributed by atoms with Gasteiger partial charge in [-0.05, 0) is 30.2 Å². The molecule has 2 rings (SSSR count). The molecule has 0 spiro atoms. The summed E-state index contributed by atoms with van der Waals surface area (Å²) in [6.07, 6.45) is 0.959. The number of thiocarbonyl (C=S) groups is 1. The molecule has 0 heterocycles. The van der Waals surface area contributed by atoms with E-state index in [9.17, 15) is 0 Å². The molecule has 0 radical (unpaired) electrons. The maximum atomic E-state index is 6.07. The summed E-state index contributed by atoms with van der Waals surface area (Å²) in [5.74, 6) is 0. The smallest absolute Gasteiger partial charge is 0.106 e. The average Bonchev–Trinajstić information content (AvgIpc) is 2.45. The van der Waals surface area contributed by atoms with Crippen molar-refractivity contribution in [3.05, 3.63) is 64.7 Å². The topological polar surface area (TPSA) is 29.3 Å². The molecule has 0 bridgehead atoms. The quantitative estimate of drug-likeness (QED) is 0.855. The highest BCUT2D eigenvalue weighted by Crippen LogP contribution is 2.24. The third-order valence-electron chi connectivity index (χ3n) is 3.22. The Labute approximate surface area is 130 Å². The number of nitrogens with zero attached hydrogens (tertiary/aromatic N) is 1. The minimum atomic E-state index is 0.392. The van der Waals surface area contributed by atoms with Crippen LogP contribution in [0.4, 0.5) is 5.69 Å². The van der Waals surface area contributed by atoms with E-state index in [2.05, 4.69) is 29.2 Å². The molecule has 0 aliphatic heterocycles. The molecule has 2 nitrogen and oxygen atoms in total. The van der Waals surface area contributed by atoms with Gasteiger partial charge in [0, 0.05) is 29.9 Å². The number of anilines is 1. The minimum absolute atomic E-state index is 0.392. The second-order valence-electron chi connectivity index (χ2n) is 4.68. The first-order chi connectivity index (χ1) is 9.58. The lowest BCUT2D eigenvalue weighted by molar-refractivity contribution is 0.876. The fourth-order valence-corrected chi connectivity index (χ4v) is 2.43. The highest BCUT2D eigenvalue weighted by molar-refractivity contribution is 7.80. The Morgan fingerprint density at radius 1 is 1.20 bits per heavy atom. The molecule has 20 heavy (non-hydrogen) atoms. The molecule has 104 valence electrons. The van der Waals surface area contributed by atoms with Crippen LogP contribution in [0.2, 0.25) is 5.02 Å². The summed E-state index contributed by atoms with van der Waals surface area (Å²) in [4.78, 5) is 2.52. The second-order valence-corrected chi connectivity index (χ2v) is 5.56. The van der Waals surface area contributed by atoms with Gasteiger partial charge in [-0.3, -0.25) is 0 Å². The number of hydrogen-bond donors (Lipinski definition) is 1. The SMILES string of the molecule is CN(CCc1ccccc1)c1cc(Cl)ccc1C(N)=S. The van der Waals surface area contributed by atoms with Crippen molar-refractivity contribution in [1.29, 1.82) is 0 Å². The molecule has 0 unspecified atom stereocenters. The van der Waals surface area contributed by atoms with E-state index in [0.717, 1.165) is 24.2 Å². The second kappa shape index (κ2) is 6.73. The Morgan fingerprint density at radius 3 is 2.55 bits per heavy atom. The first-order valence-electron chi connectivity index (χ1n) is 6.42. The van der Waals surface area contributed by atoms with Gasteiger partial charge < -0.3 is 10.6 Å². The van der Waals surface area contributed by atoms with Crippen LogP contribution in [0.5, 0.6) is 0 Å². The van der Waals surface area contributed by atoms with Gasteiger partial charge in [-0.25, -0.2) is 0 Å². The van der Waals surface area contributed by atoms with Crippen molar-refractivity contribution in [3.8, 4) is 0 Å². The van der Waals surface area contributed by atoms with Crippen molar-refractivity contribution in [3.63, 3.8) is 0 Å². The minimum Gasteiger partial charge on any atom is -0.389 e. The number of likely N-dealkylation sites (N-methyl/N-ethyl adjacent to an activating group) is 1. The van der Waals surface area contributed by atoms with Crippen molar-refractivity contribution in [2.75, 3.05) is 18.5 Å². The summed E-state index contributed by atoms with van der Waals surface area (Å²) < 4.78 is 0. The molecular weight excluding hydrogens is 288 g/mol. The summed E-state index contributed by atoms with van der Waals surface area (Å²) in [6, 6.07) is 16.0. The molecule has 0 atom stereocenters. The molecule has 0 saturated heterocycles. The highest BCUT2D eigenvalue weighted by atomic mass is 35.5. The number of benzene rings is 2. The zero-order chi connectivity index (χ0) is 14.5. The third-order valence-corrected chi connectivity index (χ3v) is 3.67. The van der Waals surface area contributed by atoms with Crippen LogP contribution in [0, 0.1) is 0 Å². The first-order valence-corrected chi connectivity index (χ1v) is 7.21. The maximum absolute atomic E-state index is 6.07. The van der Waals surface area contributed by atoms with Crippen molar-refractivity contribution in [1.82, 2.24) is 0 Å². The molecular formula is C16H17ClN2S. The Kier molecular flexibility index (Phi) is 4.99. The normalized spacial score (nSPS) is 10.3. The molecule has 2 aromatic rings. The molecule has 0 aliphatic carbocycles. The lowest BCUT2D eigenvalue weighted by atomic mass is 10.1. The monoisotopic (exact) mass is 304 g/mol. The number of halogens is 1. The van der Waals surface area contributed by atoms with Crippen molar-refractivity contribution in [2.24, 2.45) is 5.73 Å². The largest absolute Gasteiger partial charge is 0.389 e. The summed E-state index contributed by atoms with van der Waals surface area (Å²) in [6.45, 7) is 0.875. The van der Waals surface area contributed by atoms with E-state index in [1.807, 2.05) is 31.3 Å². The van der Waals surface area contributed by atoms with E-state index < -0.39 is 0 Å². The van der Waals surface area contributed by atoms with Crippen LogP contribution in [0.25, 0.3) is 0 Å². The molecule has 0 saturated carbocycles. The molecule has 0 aromatic heterocycles. The zero-order valence-corrected chi connectivity index (χ0v) is 12.9. The Bertz CT molecular complexity index is 599. The van der Waals surface area contributed by atoms with E-state index in [4.69, 9.17) is 29.6 Å². The van der Waals surface area contributed by atoms with Gasteiger partial charge in [-0.15, -0.1) is 0 Å². The predicted molar refractivity (Wildman–Crippen MR) is 90.8 cm³/mol. The Hall–Kier alpha value is -1.58. The lowest BCUT2D eigenvalue weighted by Crippen LogP contribution is -2.24. The molecule has 0 aliphatic rings. The predicted octanol–water partition coefficient (Wildman–Crippen LogP) is 3.65. The van der Waals surface area contributed by atoms with E-state index in [1.165, 1.54) is 5.56 Å². The molecule has 0 amide bonds. The zero-order valence-electron chi connectivity index (χ0n) is 11.3. The van der Waals surface area contributed by atoms with E-state index in [-0.39, 0.29) is 0 Å². The van der Waals surface area contributed by atoms with E-state index >= 15 is 0 Å². The van der Waals surface area contributed by atoms with Crippen LogP contribution in [-0.2, 0) is 6.42 Å². The Balaban J connectivity index is 2.14. The van der Waals surface area contributed by atoms with Gasteiger partial charge in [0.15, 0.2) is 0 Å². The fourth-order valence-electron chi connectivity index (χ4n) is 2.09. The van der Waals surface area contributed by atoms with Crippen LogP contribution in [0.15, 0.2) is 48.5 Å². The lowest BCUT2D eigenvalue weighted by Gasteiger charge is -2.22. The van der Waals surface area contributed by atoms with Gasteiger partial charge >= 0.3 is 0 Å². The van der Waals surface area contributed by atoms with Crippen molar-refractivity contribution in [2.45, 2.75) is 6.42 Å². The standard InChI is InChI=1S/C16H17ClN2S/c1-19(10-9-12-5-3-2-4-6-12)15-11-13(17)7-8-14(15)16(18)20/h2-8,11H,9-10H2,1H3,(H2,18,20). The van der Waals surface area contributed by atoms with Crippen molar-refractivity contribution >= 4 is 34.5 Å². The molecule has 2 aromatic carbocycles. The van der Waals surface area contributed by atoms with Crippen LogP contribution in [0.3, 0.4) is 0 Å². The van der Waals surface area contributed by atoms with Gasteiger partial charge in [0.1, 0.15) is 4.99 Å². The fraction of sp³-hybridized carbons (Fsp3) is 0.188. The summed E-state index contributed by atoms with van der Waals surface area (Å²) in [5, 5.41) is 0.687. The van der Waals surface area contributed by atoms with E-state index in [0.29, 0.717) is 10.0 Å². The Morgan fingerprint density at radius 2 is 1.90 bits per heavy atom. The molecule has 2 N–H and O–H groups in total. The first kappa shape index (κ1) is 14.8. The average molecular weight is 305 g/mol. The molecule has 4 heteroatoms. The number of nitrogens with two attached hydrogens (primary N) is 1.